The van der Waals surface area contributed by atoms with Crippen LogP contribution in [0.15, 0.2) is 66.4 Å². The molecule has 0 radical (unpaired) electrons. The van der Waals surface area contributed by atoms with Gasteiger partial charge in [-0.15, -0.1) is 0 Å². The van der Waals surface area contributed by atoms with Gasteiger partial charge in [0.25, 0.3) is 0 Å². The van der Waals surface area contributed by atoms with Crippen LogP contribution in [0.3, 0.4) is 0 Å². The number of methoxy groups -OCH3 is 1. The van der Waals surface area contributed by atoms with Crippen molar-refractivity contribution in [3.05, 3.63) is 83.4 Å². The standard InChI is InChI=1S/C24H19Br4FN2O4/c1-35-23-18(27)7-11(8-19(23)28)6-15(21(32)20(30)12-2-4-13(29)5-3-12)24(34)31-14-9-16(25)22(33)17(26)10-14/h2-5,7-10,15,20,33H,6,30H2,1H3,(H,31,34)/t15-,20?/m1/s1. The Morgan fingerprint density at radius 3 is 2.06 bits per heavy atom. The molecule has 0 aromatic heterocycles. The van der Waals surface area contributed by atoms with Crippen molar-refractivity contribution in [2.24, 2.45) is 11.7 Å². The fraction of sp³-hybridized carbons (Fsp3) is 0.167. The van der Waals surface area contributed by atoms with E-state index in [4.69, 9.17) is 10.5 Å². The third-order valence-electron chi connectivity index (χ3n) is 5.18. The lowest BCUT2D eigenvalue weighted by Crippen LogP contribution is -2.37. The maximum absolute atomic E-state index is 13.5. The van der Waals surface area contributed by atoms with E-state index in [0.29, 0.717) is 40.5 Å². The molecule has 0 aliphatic carbocycles. The van der Waals surface area contributed by atoms with Gasteiger partial charge in [0, 0.05) is 5.69 Å². The molecule has 11 heteroatoms. The maximum Gasteiger partial charge on any atom is 0.235 e. The molecule has 3 aromatic rings. The highest BCUT2D eigenvalue weighted by Gasteiger charge is 2.32. The van der Waals surface area contributed by atoms with E-state index >= 15 is 0 Å². The molecule has 3 rings (SSSR count). The summed E-state index contributed by atoms with van der Waals surface area (Å²) in [5.74, 6) is -2.20. The van der Waals surface area contributed by atoms with Crippen molar-refractivity contribution in [2.75, 3.05) is 12.4 Å². The van der Waals surface area contributed by atoms with Crippen molar-refractivity contribution in [3.63, 3.8) is 0 Å². The van der Waals surface area contributed by atoms with Crippen LogP contribution in [-0.2, 0) is 16.0 Å². The number of aromatic hydroxyl groups is 1. The molecule has 2 atom stereocenters. The average molecular weight is 738 g/mol. The molecular formula is C24H19Br4FN2O4. The SMILES string of the molecule is COc1c(Br)cc(C[C@@H](C(=O)Nc2cc(Br)c(O)c(Br)c2)C(=O)C(N)c2ccc(F)cc2)cc1Br. The second-order valence-electron chi connectivity index (χ2n) is 7.56. The number of rotatable bonds is 8. The number of hydrogen-bond donors (Lipinski definition) is 3. The zero-order chi connectivity index (χ0) is 25.9. The van der Waals surface area contributed by atoms with Crippen LogP contribution in [0.25, 0.3) is 0 Å². The number of hydrogen-bond acceptors (Lipinski definition) is 5. The molecule has 0 bridgehead atoms. The number of amides is 1. The number of carbonyl (C=O) groups is 2. The van der Waals surface area contributed by atoms with Crippen molar-refractivity contribution in [3.8, 4) is 11.5 Å². The predicted molar refractivity (Wildman–Crippen MR) is 146 cm³/mol. The van der Waals surface area contributed by atoms with Crippen LogP contribution >= 0.6 is 63.7 Å². The van der Waals surface area contributed by atoms with E-state index in [1.54, 1.807) is 12.1 Å². The number of nitrogens with one attached hydrogen (secondary N) is 1. The number of phenolic OH excluding ortho intramolecular Hbond substituents is 1. The Balaban J connectivity index is 1.96. The van der Waals surface area contributed by atoms with Gasteiger partial charge in [0.15, 0.2) is 5.78 Å². The van der Waals surface area contributed by atoms with Crippen molar-refractivity contribution in [1.29, 1.82) is 0 Å². The molecule has 0 saturated carbocycles. The highest BCUT2D eigenvalue weighted by Crippen LogP contribution is 2.37. The van der Waals surface area contributed by atoms with Crippen LogP contribution in [0.4, 0.5) is 10.1 Å². The Morgan fingerprint density at radius 2 is 1.54 bits per heavy atom. The first-order valence-electron chi connectivity index (χ1n) is 10.1. The van der Waals surface area contributed by atoms with Crippen molar-refractivity contribution in [1.82, 2.24) is 0 Å². The number of halogens is 5. The zero-order valence-corrected chi connectivity index (χ0v) is 24.5. The van der Waals surface area contributed by atoms with E-state index in [2.05, 4.69) is 69.0 Å². The van der Waals surface area contributed by atoms with Crippen LogP contribution in [0.5, 0.6) is 11.5 Å². The smallest absolute Gasteiger partial charge is 0.235 e. The lowest BCUT2D eigenvalue weighted by atomic mass is 9.88. The van der Waals surface area contributed by atoms with Crippen molar-refractivity contribution >= 4 is 81.1 Å². The largest absolute Gasteiger partial charge is 0.506 e. The van der Waals surface area contributed by atoms with Crippen LogP contribution in [0.1, 0.15) is 17.2 Å². The molecular weight excluding hydrogens is 719 g/mol. The Hall–Kier alpha value is -1.79. The number of ether oxygens (including phenoxy) is 1. The van der Waals surface area contributed by atoms with Crippen LogP contribution < -0.4 is 15.8 Å². The molecule has 1 unspecified atom stereocenters. The van der Waals surface area contributed by atoms with E-state index in [-0.39, 0.29) is 12.2 Å². The molecule has 0 fully saturated rings. The molecule has 1 amide bonds. The molecule has 3 aromatic carbocycles. The summed E-state index contributed by atoms with van der Waals surface area (Å²) >= 11 is 13.3. The number of nitrogens with two attached hydrogens (primary N) is 1. The summed E-state index contributed by atoms with van der Waals surface area (Å²) in [6, 6.07) is 10.7. The van der Waals surface area contributed by atoms with Crippen molar-refractivity contribution in [2.45, 2.75) is 12.5 Å². The molecule has 35 heavy (non-hydrogen) atoms. The third kappa shape index (κ3) is 6.71. The number of phenols is 1. The van der Waals surface area contributed by atoms with E-state index in [1.807, 2.05) is 0 Å². The first-order valence-corrected chi connectivity index (χ1v) is 13.2. The Kier molecular flexibility index (Phi) is 9.50. The molecule has 4 N–H and O–H groups in total. The van der Waals surface area contributed by atoms with Gasteiger partial charge in [0.05, 0.1) is 31.0 Å². The van der Waals surface area contributed by atoms with Crippen LogP contribution in [0.2, 0.25) is 0 Å². The normalized spacial score (nSPS) is 12.7. The topological polar surface area (TPSA) is 102 Å². The molecule has 6 nitrogen and oxygen atoms in total. The molecule has 0 saturated heterocycles. The third-order valence-corrected chi connectivity index (χ3v) is 7.57. The summed E-state index contributed by atoms with van der Waals surface area (Å²) < 4.78 is 20.7. The number of anilines is 1. The number of benzene rings is 3. The summed E-state index contributed by atoms with van der Waals surface area (Å²) in [5.41, 5.74) is 7.64. The Bertz CT molecular complexity index is 1220. The van der Waals surface area contributed by atoms with Gasteiger partial charge in [-0.05, 0) is 118 Å². The summed E-state index contributed by atoms with van der Waals surface area (Å²) in [7, 11) is 1.53. The molecule has 184 valence electrons. The second-order valence-corrected chi connectivity index (χ2v) is 11.0. The van der Waals surface area contributed by atoms with E-state index in [0.717, 1.165) is 0 Å². The average Bonchev–Trinajstić information content (AvgIpc) is 2.80. The minimum Gasteiger partial charge on any atom is -0.506 e. The van der Waals surface area contributed by atoms with E-state index < -0.39 is 29.5 Å². The van der Waals surface area contributed by atoms with Gasteiger partial charge in [-0.3, -0.25) is 9.59 Å². The minimum atomic E-state index is -1.17. The molecule has 0 aliphatic heterocycles. The van der Waals surface area contributed by atoms with Gasteiger partial charge in [-0.25, -0.2) is 4.39 Å². The highest BCUT2D eigenvalue weighted by atomic mass is 79.9. The first kappa shape index (κ1) is 27.8. The van der Waals surface area contributed by atoms with Gasteiger partial charge >= 0.3 is 0 Å². The van der Waals surface area contributed by atoms with Gasteiger partial charge in [-0.1, -0.05) is 12.1 Å². The van der Waals surface area contributed by atoms with Gasteiger partial charge < -0.3 is 20.9 Å². The minimum absolute atomic E-state index is 0.0260. The summed E-state index contributed by atoms with van der Waals surface area (Å²) in [4.78, 5) is 26.8. The number of carbonyl (C=O) groups excluding carboxylic acids is 2. The summed E-state index contributed by atoms with van der Waals surface area (Å²) in [6.07, 6.45) is 0.0428. The van der Waals surface area contributed by atoms with Crippen LogP contribution in [0, 0.1) is 11.7 Å². The monoisotopic (exact) mass is 734 g/mol. The Morgan fingerprint density at radius 1 is 1.00 bits per heavy atom. The maximum atomic E-state index is 13.5. The number of Topliss-reactive ketones (excluding diaryl/α,β-unsaturated/α-hetero) is 1. The molecule has 0 heterocycles. The lowest BCUT2D eigenvalue weighted by molar-refractivity contribution is -0.132. The second kappa shape index (κ2) is 12.0. The lowest BCUT2D eigenvalue weighted by Gasteiger charge is -2.21. The molecule has 0 spiro atoms. The Labute approximate surface area is 234 Å². The van der Waals surface area contributed by atoms with Gasteiger partial charge in [0.2, 0.25) is 5.91 Å². The fourth-order valence-corrected chi connectivity index (χ4v) is 6.19. The van der Waals surface area contributed by atoms with Crippen LogP contribution in [-0.4, -0.2) is 23.9 Å². The highest BCUT2D eigenvalue weighted by molar-refractivity contribution is 9.11. The summed E-state index contributed by atoms with van der Waals surface area (Å²) in [5, 5.41) is 12.7. The summed E-state index contributed by atoms with van der Waals surface area (Å²) in [6.45, 7) is 0. The number of ketones is 1. The van der Waals surface area contributed by atoms with Gasteiger partial charge in [-0.2, -0.15) is 0 Å². The quantitative estimate of drug-likeness (QED) is 0.178. The fourth-order valence-electron chi connectivity index (χ4n) is 3.40. The van der Waals surface area contributed by atoms with Crippen molar-refractivity contribution < 1.29 is 23.8 Å². The predicted octanol–water partition coefficient (Wildman–Crippen LogP) is 6.66. The van der Waals surface area contributed by atoms with E-state index in [1.165, 1.54) is 43.5 Å². The van der Waals surface area contributed by atoms with E-state index in [9.17, 15) is 19.1 Å². The zero-order valence-electron chi connectivity index (χ0n) is 18.1. The molecule has 0 aliphatic rings. The first-order chi connectivity index (χ1) is 16.5. The van der Waals surface area contributed by atoms with Gasteiger partial charge in [0.1, 0.15) is 23.2 Å².